The maximum absolute atomic E-state index is 14.1. The van der Waals surface area contributed by atoms with Gasteiger partial charge in [0.15, 0.2) is 0 Å². The fourth-order valence-corrected chi connectivity index (χ4v) is 3.64. The second-order valence-electron chi connectivity index (χ2n) is 8.16. The molecule has 0 radical (unpaired) electrons. The van der Waals surface area contributed by atoms with E-state index < -0.39 is 5.54 Å². The zero-order chi connectivity index (χ0) is 22.2. The monoisotopic (exact) mass is 420 g/mol. The third-order valence-corrected chi connectivity index (χ3v) is 5.42. The molecule has 0 fully saturated rings. The topological polar surface area (TPSA) is 59.6 Å². The minimum absolute atomic E-state index is 0.153. The van der Waals surface area contributed by atoms with Crippen LogP contribution in [0.1, 0.15) is 25.0 Å². The van der Waals surface area contributed by atoms with Crippen molar-refractivity contribution in [1.29, 1.82) is 0 Å². The van der Waals surface area contributed by atoms with Crippen LogP contribution < -0.4 is 20.1 Å². The van der Waals surface area contributed by atoms with Crippen molar-refractivity contribution in [1.82, 2.24) is 0 Å². The van der Waals surface area contributed by atoms with Gasteiger partial charge >= 0.3 is 0 Å². The molecular formula is C25H25FN2O3. The van der Waals surface area contributed by atoms with Crippen LogP contribution in [0.15, 0.2) is 54.6 Å². The van der Waals surface area contributed by atoms with Gasteiger partial charge in [0.1, 0.15) is 29.5 Å². The standard InChI is InChI=1S/C25H25FN2O3/c1-15-5-8-17(9-6-15)31-14-20-18(19-13-16(26)7-12-22(19)30-4)10-11-21-23(20)27-24(29)25(2,3)28-21/h5-13,28H,14H2,1-4H3,(H,27,29). The number of benzene rings is 3. The number of fused-ring (bicyclic) bond motifs is 1. The molecule has 0 atom stereocenters. The van der Waals surface area contributed by atoms with E-state index in [0.717, 1.165) is 22.4 Å². The van der Waals surface area contributed by atoms with E-state index >= 15 is 0 Å². The summed E-state index contributed by atoms with van der Waals surface area (Å²) in [5.41, 5.74) is 3.84. The summed E-state index contributed by atoms with van der Waals surface area (Å²) in [5.74, 6) is 0.714. The fourth-order valence-electron chi connectivity index (χ4n) is 3.64. The molecule has 0 saturated carbocycles. The molecule has 0 saturated heterocycles. The van der Waals surface area contributed by atoms with Gasteiger partial charge in [0, 0.05) is 11.1 Å². The molecule has 5 nitrogen and oxygen atoms in total. The summed E-state index contributed by atoms with van der Waals surface area (Å²) >= 11 is 0. The third-order valence-electron chi connectivity index (χ3n) is 5.42. The number of nitrogens with one attached hydrogen (secondary N) is 2. The molecule has 0 spiro atoms. The predicted octanol–water partition coefficient (Wildman–Crippen LogP) is 5.53. The van der Waals surface area contributed by atoms with Gasteiger partial charge in [-0.15, -0.1) is 0 Å². The maximum atomic E-state index is 14.1. The van der Waals surface area contributed by atoms with Crippen LogP contribution in [0.25, 0.3) is 11.1 Å². The lowest BCUT2D eigenvalue weighted by atomic mass is 9.93. The first-order chi connectivity index (χ1) is 14.8. The summed E-state index contributed by atoms with van der Waals surface area (Å²) in [6.45, 7) is 5.83. The van der Waals surface area contributed by atoms with Crippen LogP contribution in [-0.4, -0.2) is 18.6 Å². The smallest absolute Gasteiger partial charge is 0.249 e. The molecule has 0 bridgehead atoms. The summed E-state index contributed by atoms with van der Waals surface area (Å²) in [5, 5.41) is 6.29. The van der Waals surface area contributed by atoms with Crippen molar-refractivity contribution in [3.05, 3.63) is 71.5 Å². The largest absolute Gasteiger partial charge is 0.496 e. The van der Waals surface area contributed by atoms with Gasteiger partial charge in [-0.1, -0.05) is 23.8 Å². The molecule has 1 aliphatic heterocycles. The van der Waals surface area contributed by atoms with E-state index in [2.05, 4.69) is 10.6 Å². The number of carbonyl (C=O) groups excluding carboxylic acids is 1. The van der Waals surface area contributed by atoms with Crippen LogP contribution in [0.4, 0.5) is 15.8 Å². The van der Waals surface area contributed by atoms with E-state index in [-0.39, 0.29) is 18.3 Å². The minimum atomic E-state index is -0.750. The van der Waals surface area contributed by atoms with E-state index in [4.69, 9.17) is 9.47 Å². The fraction of sp³-hybridized carbons (Fsp3) is 0.240. The lowest BCUT2D eigenvalue weighted by Crippen LogP contribution is -2.47. The highest BCUT2D eigenvalue weighted by atomic mass is 19.1. The van der Waals surface area contributed by atoms with Crippen molar-refractivity contribution in [3.8, 4) is 22.6 Å². The molecule has 160 valence electrons. The van der Waals surface area contributed by atoms with Crippen LogP contribution in [0.5, 0.6) is 11.5 Å². The first-order valence-corrected chi connectivity index (χ1v) is 10.1. The van der Waals surface area contributed by atoms with Gasteiger partial charge in [-0.3, -0.25) is 4.79 Å². The zero-order valence-electron chi connectivity index (χ0n) is 18.0. The normalized spacial score (nSPS) is 14.3. The molecule has 0 aromatic heterocycles. The van der Waals surface area contributed by atoms with Crippen molar-refractivity contribution in [2.45, 2.75) is 32.9 Å². The van der Waals surface area contributed by atoms with Gasteiger partial charge in [0.2, 0.25) is 5.91 Å². The highest BCUT2D eigenvalue weighted by Crippen LogP contribution is 2.42. The van der Waals surface area contributed by atoms with Gasteiger partial charge in [-0.25, -0.2) is 4.39 Å². The number of ether oxygens (including phenoxy) is 2. The first-order valence-electron chi connectivity index (χ1n) is 10.1. The maximum Gasteiger partial charge on any atom is 0.249 e. The van der Waals surface area contributed by atoms with Crippen molar-refractivity contribution in [2.75, 3.05) is 17.7 Å². The van der Waals surface area contributed by atoms with Crippen molar-refractivity contribution in [2.24, 2.45) is 0 Å². The van der Waals surface area contributed by atoms with Crippen molar-refractivity contribution >= 4 is 17.3 Å². The highest BCUT2D eigenvalue weighted by Gasteiger charge is 2.34. The third kappa shape index (κ3) is 4.06. The summed E-state index contributed by atoms with van der Waals surface area (Å²) in [6.07, 6.45) is 0. The average molecular weight is 420 g/mol. The first kappa shape index (κ1) is 20.7. The van der Waals surface area contributed by atoms with Gasteiger partial charge in [-0.05, 0) is 62.7 Å². The molecule has 4 rings (SSSR count). The van der Waals surface area contributed by atoms with E-state index in [1.54, 1.807) is 13.2 Å². The molecule has 6 heteroatoms. The number of anilines is 2. The Kier molecular flexibility index (Phi) is 5.31. The van der Waals surface area contributed by atoms with Crippen LogP contribution in [0, 0.1) is 12.7 Å². The molecule has 3 aromatic carbocycles. The number of methoxy groups -OCH3 is 1. The summed E-state index contributed by atoms with van der Waals surface area (Å²) < 4.78 is 25.6. The predicted molar refractivity (Wildman–Crippen MR) is 120 cm³/mol. The number of carbonyl (C=O) groups is 1. The Bertz CT molecular complexity index is 1140. The van der Waals surface area contributed by atoms with Gasteiger partial charge in [-0.2, -0.15) is 0 Å². The Hall–Kier alpha value is -3.54. The van der Waals surface area contributed by atoms with E-state index in [1.165, 1.54) is 12.1 Å². The Morgan fingerprint density at radius 1 is 1.00 bits per heavy atom. The van der Waals surface area contributed by atoms with Crippen LogP contribution in [0.2, 0.25) is 0 Å². The number of halogens is 1. The van der Waals surface area contributed by atoms with Crippen molar-refractivity contribution in [3.63, 3.8) is 0 Å². The van der Waals surface area contributed by atoms with E-state index in [0.29, 0.717) is 22.7 Å². The van der Waals surface area contributed by atoms with Crippen LogP contribution in [0.3, 0.4) is 0 Å². The second-order valence-corrected chi connectivity index (χ2v) is 8.16. The number of hydrogen-bond donors (Lipinski definition) is 2. The van der Waals surface area contributed by atoms with Crippen LogP contribution in [-0.2, 0) is 11.4 Å². The van der Waals surface area contributed by atoms with Gasteiger partial charge < -0.3 is 20.1 Å². The van der Waals surface area contributed by atoms with Crippen LogP contribution >= 0.6 is 0 Å². The number of hydrogen-bond acceptors (Lipinski definition) is 4. The molecule has 3 aromatic rings. The van der Waals surface area contributed by atoms with E-state index in [1.807, 2.05) is 57.2 Å². The van der Waals surface area contributed by atoms with Gasteiger partial charge in [0.05, 0.1) is 18.5 Å². The summed E-state index contributed by atoms with van der Waals surface area (Å²) in [7, 11) is 1.55. The SMILES string of the molecule is COc1ccc(F)cc1-c1ccc2c(c1COc1ccc(C)cc1)NC(=O)C(C)(C)N2. The number of aryl methyl sites for hydroxylation is 1. The Balaban J connectivity index is 1.83. The summed E-state index contributed by atoms with van der Waals surface area (Å²) in [4.78, 5) is 12.7. The lowest BCUT2D eigenvalue weighted by molar-refractivity contribution is -0.119. The Labute approximate surface area is 181 Å². The highest BCUT2D eigenvalue weighted by molar-refractivity contribution is 6.07. The number of amides is 1. The Morgan fingerprint density at radius 3 is 2.45 bits per heavy atom. The van der Waals surface area contributed by atoms with Gasteiger partial charge in [0.25, 0.3) is 0 Å². The minimum Gasteiger partial charge on any atom is -0.496 e. The number of rotatable bonds is 5. The molecule has 0 aliphatic carbocycles. The molecular weight excluding hydrogens is 395 g/mol. The average Bonchev–Trinajstić information content (AvgIpc) is 2.74. The lowest BCUT2D eigenvalue weighted by Gasteiger charge is -2.34. The quantitative estimate of drug-likeness (QED) is 0.570. The molecule has 0 unspecified atom stereocenters. The Morgan fingerprint density at radius 2 is 1.74 bits per heavy atom. The second kappa shape index (κ2) is 7.95. The molecule has 1 amide bonds. The molecule has 1 aliphatic rings. The zero-order valence-corrected chi connectivity index (χ0v) is 18.0. The molecule has 2 N–H and O–H groups in total. The van der Waals surface area contributed by atoms with Crippen molar-refractivity contribution < 1.29 is 18.7 Å². The van der Waals surface area contributed by atoms with E-state index in [9.17, 15) is 9.18 Å². The summed E-state index contributed by atoms with van der Waals surface area (Å²) in [6, 6.07) is 15.9. The molecule has 1 heterocycles. The molecule has 31 heavy (non-hydrogen) atoms.